The summed E-state index contributed by atoms with van der Waals surface area (Å²) in [6, 6.07) is 7.87. The van der Waals surface area contributed by atoms with E-state index in [0.29, 0.717) is 6.54 Å². The fourth-order valence-corrected chi connectivity index (χ4v) is 1.77. The molecule has 0 aliphatic rings. The topological polar surface area (TPSA) is 48.4 Å². The Bertz CT molecular complexity index is 488. The number of ether oxygens (including phenoxy) is 1. The largest absolute Gasteiger partial charge is 0.497 e. The molecule has 84 valence electrons. The van der Waals surface area contributed by atoms with Gasteiger partial charge in [0.1, 0.15) is 11.5 Å². The second kappa shape index (κ2) is 4.41. The van der Waals surface area contributed by atoms with Crippen LogP contribution in [0.15, 0.2) is 34.9 Å². The second-order valence-electron chi connectivity index (χ2n) is 3.62. The van der Waals surface area contributed by atoms with Crippen LogP contribution in [0.2, 0.25) is 0 Å². The monoisotopic (exact) mass is 217 g/mol. The Morgan fingerprint density at radius 2 is 2.19 bits per heavy atom. The first-order valence-corrected chi connectivity index (χ1v) is 5.17. The first kappa shape index (κ1) is 10.8. The zero-order chi connectivity index (χ0) is 11.5. The second-order valence-corrected chi connectivity index (χ2v) is 3.62. The van der Waals surface area contributed by atoms with E-state index in [-0.39, 0.29) is 0 Å². The van der Waals surface area contributed by atoms with Gasteiger partial charge in [-0.15, -0.1) is 0 Å². The van der Waals surface area contributed by atoms with Crippen molar-refractivity contribution in [1.82, 2.24) is 0 Å². The van der Waals surface area contributed by atoms with Crippen LogP contribution in [-0.2, 0) is 6.54 Å². The van der Waals surface area contributed by atoms with Gasteiger partial charge in [0.05, 0.1) is 13.4 Å². The van der Waals surface area contributed by atoms with E-state index in [1.54, 1.807) is 13.4 Å². The van der Waals surface area contributed by atoms with Crippen molar-refractivity contribution in [3.05, 3.63) is 41.9 Å². The van der Waals surface area contributed by atoms with E-state index < -0.39 is 0 Å². The molecule has 0 unspecified atom stereocenters. The lowest BCUT2D eigenvalue weighted by Gasteiger charge is -2.04. The van der Waals surface area contributed by atoms with Gasteiger partial charge in [0.15, 0.2) is 0 Å². The Morgan fingerprint density at radius 3 is 2.88 bits per heavy atom. The number of nitrogens with two attached hydrogens (primary N) is 1. The molecular weight excluding hydrogens is 202 g/mol. The number of aryl methyl sites for hydroxylation is 1. The van der Waals surface area contributed by atoms with Gasteiger partial charge in [-0.3, -0.25) is 0 Å². The lowest BCUT2D eigenvalue weighted by atomic mass is 10.0. The molecule has 2 N–H and O–H groups in total. The molecule has 1 aromatic carbocycles. The summed E-state index contributed by atoms with van der Waals surface area (Å²) in [5.74, 6) is 1.71. The highest BCUT2D eigenvalue weighted by atomic mass is 16.5. The van der Waals surface area contributed by atoms with Crippen LogP contribution in [0.3, 0.4) is 0 Å². The highest BCUT2D eigenvalue weighted by Gasteiger charge is 2.10. The molecule has 0 aliphatic heterocycles. The van der Waals surface area contributed by atoms with Crippen molar-refractivity contribution in [1.29, 1.82) is 0 Å². The summed E-state index contributed by atoms with van der Waals surface area (Å²) in [6.07, 6.45) is 1.74. The first-order valence-electron chi connectivity index (χ1n) is 5.17. The standard InChI is InChI=1S/C13H15NO2/c1-9-12(7-14)13(8-16-9)10-4-3-5-11(6-10)15-2/h3-6,8H,7,14H2,1-2H3. The molecule has 0 atom stereocenters. The molecular formula is C13H15NO2. The average molecular weight is 217 g/mol. The van der Waals surface area contributed by atoms with Crippen LogP contribution < -0.4 is 10.5 Å². The van der Waals surface area contributed by atoms with E-state index in [4.69, 9.17) is 14.9 Å². The van der Waals surface area contributed by atoms with Gasteiger partial charge in [-0.05, 0) is 24.6 Å². The molecule has 1 heterocycles. The van der Waals surface area contributed by atoms with Crippen molar-refractivity contribution >= 4 is 0 Å². The van der Waals surface area contributed by atoms with Crippen LogP contribution in [-0.4, -0.2) is 7.11 Å². The van der Waals surface area contributed by atoms with Crippen LogP contribution >= 0.6 is 0 Å². The molecule has 0 aliphatic carbocycles. The first-order chi connectivity index (χ1) is 7.76. The molecule has 1 aromatic heterocycles. The van der Waals surface area contributed by atoms with E-state index in [2.05, 4.69) is 0 Å². The third kappa shape index (κ3) is 1.82. The third-order valence-electron chi connectivity index (χ3n) is 2.69. The molecule has 3 heteroatoms. The van der Waals surface area contributed by atoms with Gasteiger partial charge in [-0.2, -0.15) is 0 Å². The van der Waals surface area contributed by atoms with E-state index in [1.807, 2.05) is 31.2 Å². The van der Waals surface area contributed by atoms with Gasteiger partial charge in [0, 0.05) is 17.7 Å². The number of methoxy groups -OCH3 is 1. The maximum atomic E-state index is 5.71. The summed E-state index contributed by atoms with van der Waals surface area (Å²) in [6.45, 7) is 2.40. The number of hydrogen-bond donors (Lipinski definition) is 1. The van der Waals surface area contributed by atoms with Crippen molar-refractivity contribution in [2.75, 3.05) is 7.11 Å². The summed E-state index contributed by atoms with van der Waals surface area (Å²) in [5.41, 5.74) is 8.87. The molecule has 0 saturated carbocycles. The molecule has 16 heavy (non-hydrogen) atoms. The highest BCUT2D eigenvalue weighted by Crippen LogP contribution is 2.29. The van der Waals surface area contributed by atoms with Gasteiger partial charge in [0.2, 0.25) is 0 Å². The van der Waals surface area contributed by atoms with Crippen LogP contribution in [0, 0.1) is 6.92 Å². The van der Waals surface area contributed by atoms with E-state index >= 15 is 0 Å². The molecule has 0 amide bonds. The van der Waals surface area contributed by atoms with Crippen molar-refractivity contribution < 1.29 is 9.15 Å². The zero-order valence-electron chi connectivity index (χ0n) is 9.49. The van der Waals surface area contributed by atoms with Crippen LogP contribution in [0.4, 0.5) is 0 Å². The lowest BCUT2D eigenvalue weighted by Crippen LogP contribution is -1.98. The smallest absolute Gasteiger partial charge is 0.119 e. The number of furan rings is 1. The minimum absolute atomic E-state index is 0.481. The third-order valence-corrected chi connectivity index (χ3v) is 2.69. The summed E-state index contributed by atoms with van der Waals surface area (Å²) in [7, 11) is 1.66. The maximum Gasteiger partial charge on any atom is 0.119 e. The predicted octanol–water partition coefficient (Wildman–Crippen LogP) is 2.72. The van der Waals surface area contributed by atoms with E-state index in [0.717, 1.165) is 28.2 Å². The molecule has 0 fully saturated rings. The molecule has 2 rings (SSSR count). The fraction of sp³-hybridized carbons (Fsp3) is 0.231. The Balaban J connectivity index is 2.49. The molecule has 3 nitrogen and oxygen atoms in total. The average Bonchev–Trinajstić information content (AvgIpc) is 2.70. The molecule has 0 spiro atoms. The Labute approximate surface area is 94.8 Å². The van der Waals surface area contributed by atoms with Gasteiger partial charge in [-0.1, -0.05) is 12.1 Å². The predicted molar refractivity (Wildman–Crippen MR) is 63.3 cm³/mol. The van der Waals surface area contributed by atoms with Crippen LogP contribution in [0.5, 0.6) is 5.75 Å². The Kier molecular flexibility index (Phi) is 2.97. The van der Waals surface area contributed by atoms with Crippen molar-refractivity contribution in [2.45, 2.75) is 13.5 Å². The van der Waals surface area contributed by atoms with Crippen molar-refractivity contribution in [2.24, 2.45) is 5.73 Å². The van der Waals surface area contributed by atoms with Crippen molar-refractivity contribution in [3.8, 4) is 16.9 Å². The van der Waals surface area contributed by atoms with Gasteiger partial charge >= 0.3 is 0 Å². The summed E-state index contributed by atoms with van der Waals surface area (Å²) >= 11 is 0. The van der Waals surface area contributed by atoms with Crippen LogP contribution in [0.25, 0.3) is 11.1 Å². The van der Waals surface area contributed by atoms with Crippen LogP contribution in [0.1, 0.15) is 11.3 Å². The van der Waals surface area contributed by atoms with E-state index in [9.17, 15) is 0 Å². The highest BCUT2D eigenvalue weighted by molar-refractivity contribution is 5.68. The minimum atomic E-state index is 0.481. The molecule has 2 aromatic rings. The Morgan fingerprint density at radius 1 is 1.38 bits per heavy atom. The van der Waals surface area contributed by atoms with Crippen molar-refractivity contribution in [3.63, 3.8) is 0 Å². The van der Waals surface area contributed by atoms with E-state index in [1.165, 1.54) is 0 Å². The maximum absolute atomic E-state index is 5.71. The number of hydrogen-bond acceptors (Lipinski definition) is 3. The molecule has 0 radical (unpaired) electrons. The molecule has 0 bridgehead atoms. The SMILES string of the molecule is COc1cccc(-c2coc(C)c2CN)c1. The minimum Gasteiger partial charge on any atom is -0.497 e. The van der Waals surface area contributed by atoms with Gasteiger partial charge < -0.3 is 14.9 Å². The summed E-state index contributed by atoms with van der Waals surface area (Å²) < 4.78 is 10.6. The summed E-state index contributed by atoms with van der Waals surface area (Å²) in [4.78, 5) is 0. The lowest BCUT2D eigenvalue weighted by molar-refractivity contribution is 0.415. The quantitative estimate of drug-likeness (QED) is 0.859. The number of rotatable bonds is 3. The van der Waals surface area contributed by atoms with Gasteiger partial charge in [0.25, 0.3) is 0 Å². The zero-order valence-corrected chi connectivity index (χ0v) is 9.49. The summed E-state index contributed by atoms with van der Waals surface area (Å²) in [5, 5.41) is 0. The van der Waals surface area contributed by atoms with Gasteiger partial charge in [-0.25, -0.2) is 0 Å². The molecule has 0 saturated heterocycles. The normalized spacial score (nSPS) is 10.4. The Hall–Kier alpha value is -1.74. The number of benzene rings is 1. The fourth-order valence-electron chi connectivity index (χ4n) is 1.77.